The first-order valence-electron chi connectivity index (χ1n) is 7.41. The van der Waals surface area contributed by atoms with Crippen LogP contribution in [0.5, 0.6) is 0 Å². The number of fused-ring (bicyclic) bond motifs is 4. The van der Waals surface area contributed by atoms with Crippen LogP contribution in [0.3, 0.4) is 0 Å². The minimum atomic E-state index is -0.0204. The van der Waals surface area contributed by atoms with Crippen LogP contribution in [0, 0.1) is 5.92 Å². The molecule has 0 radical (unpaired) electrons. The number of nitrogens with zero attached hydrogens (tertiary/aromatic N) is 1. The maximum atomic E-state index is 12.5. The minimum Gasteiger partial charge on any atom is -0.463 e. The lowest BCUT2D eigenvalue weighted by atomic mass is 9.84. The Morgan fingerprint density at radius 2 is 2.14 bits per heavy atom. The second kappa shape index (κ2) is 5.04. The van der Waals surface area contributed by atoms with Crippen molar-refractivity contribution >= 4 is 28.5 Å². The third-order valence-corrected chi connectivity index (χ3v) is 5.05. The second-order valence-electron chi connectivity index (χ2n) is 6.01. The molecule has 1 unspecified atom stereocenters. The van der Waals surface area contributed by atoms with E-state index >= 15 is 0 Å². The van der Waals surface area contributed by atoms with E-state index in [1.165, 1.54) is 32.2 Å². The van der Waals surface area contributed by atoms with E-state index in [0.717, 1.165) is 11.9 Å². The van der Waals surface area contributed by atoms with Gasteiger partial charge in [0, 0.05) is 23.5 Å². The summed E-state index contributed by atoms with van der Waals surface area (Å²) in [5, 5.41) is 4.52. The van der Waals surface area contributed by atoms with Gasteiger partial charge in [-0.05, 0) is 50.0 Å². The highest BCUT2D eigenvalue weighted by Crippen LogP contribution is 2.29. The molecular formula is C16H17ClN2O2. The van der Waals surface area contributed by atoms with Gasteiger partial charge in [0.1, 0.15) is 11.8 Å². The molecule has 3 fully saturated rings. The summed E-state index contributed by atoms with van der Waals surface area (Å²) in [5.74, 6) is 0.605. The molecule has 3 aliphatic rings. The molecule has 3 saturated heterocycles. The number of piperidine rings is 3. The van der Waals surface area contributed by atoms with Gasteiger partial charge in [0.05, 0.1) is 5.02 Å². The first-order chi connectivity index (χ1) is 10.2. The molecule has 1 atom stereocenters. The summed E-state index contributed by atoms with van der Waals surface area (Å²) in [7, 11) is 0. The Morgan fingerprint density at radius 1 is 1.33 bits per heavy atom. The number of halogens is 1. The highest BCUT2D eigenvalue weighted by molar-refractivity contribution is 6.35. The maximum Gasteiger partial charge on any atom is 0.251 e. The zero-order valence-electron chi connectivity index (χ0n) is 11.6. The summed E-state index contributed by atoms with van der Waals surface area (Å²) in [6, 6.07) is 5.67. The number of hydrogen-bond acceptors (Lipinski definition) is 3. The standard InChI is InChI=1S/C16H17ClN2O2/c17-13-9-21-15-2-1-11(7-12(13)15)16(20)18-14-8-19-5-3-10(14)4-6-19/h1-2,7,9-10,14H,3-6,8H2,(H,18,20). The van der Waals surface area contributed by atoms with Gasteiger partial charge < -0.3 is 14.6 Å². The largest absolute Gasteiger partial charge is 0.463 e. The number of hydrogen-bond donors (Lipinski definition) is 1. The fraction of sp³-hybridized carbons (Fsp3) is 0.438. The normalized spacial score (nSPS) is 28.0. The third kappa shape index (κ3) is 2.32. The lowest BCUT2D eigenvalue weighted by Gasteiger charge is -2.44. The highest BCUT2D eigenvalue weighted by Gasteiger charge is 2.34. The summed E-state index contributed by atoms with van der Waals surface area (Å²) in [6.45, 7) is 3.33. The number of amides is 1. The van der Waals surface area contributed by atoms with Crippen LogP contribution in [0.4, 0.5) is 0 Å². The van der Waals surface area contributed by atoms with E-state index in [9.17, 15) is 4.79 Å². The Bertz CT molecular complexity index is 689. The zero-order chi connectivity index (χ0) is 14.4. The molecule has 0 aliphatic carbocycles. The summed E-state index contributed by atoms with van der Waals surface area (Å²) >= 11 is 6.06. The van der Waals surface area contributed by atoms with Gasteiger partial charge in [0.15, 0.2) is 0 Å². The van der Waals surface area contributed by atoms with Gasteiger partial charge in [-0.3, -0.25) is 4.79 Å². The average molecular weight is 305 g/mol. The highest BCUT2D eigenvalue weighted by atomic mass is 35.5. The van der Waals surface area contributed by atoms with Gasteiger partial charge in [0.2, 0.25) is 0 Å². The number of furan rings is 1. The SMILES string of the molecule is O=C(NC1CN2CCC1CC2)c1ccc2occ(Cl)c2c1. The Kier molecular flexibility index (Phi) is 3.16. The van der Waals surface area contributed by atoms with E-state index in [1.807, 2.05) is 0 Å². The number of carbonyl (C=O) groups is 1. The lowest BCUT2D eigenvalue weighted by molar-refractivity contribution is 0.0620. The lowest BCUT2D eigenvalue weighted by Crippen LogP contribution is -2.57. The fourth-order valence-electron chi connectivity index (χ4n) is 3.52. The van der Waals surface area contributed by atoms with E-state index in [1.54, 1.807) is 18.2 Å². The summed E-state index contributed by atoms with van der Waals surface area (Å²) < 4.78 is 5.30. The first kappa shape index (κ1) is 13.2. The molecule has 4 nitrogen and oxygen atoms in total. The molecule has 3 aliphatic heterocycles. The van der Waals surface area contributed by atoms with Gasteiger partial charge in [-0.2, -0.15) is 0 Å². The number of carbonyl (C=O) groups excluding carboxylic acids is 1. The molecule has 110 valence electrons. The zero-order valence-corrected chi connectivity index (χ0v) is 12.4. The molecule has 5 heteroatoms. The summed E-state index contributed by atoms with van der Waals surface area (Å²) in [6.07, 6.45) is 3.89. The van der Waals surface area contributed by atoms with E-state index in [-0.39, 0.29) is 11.9 Å². The van der Waals surface area contributed by atoms with Crippen LogP contribution >= 0.6 is 11.6 Å². The molecule has 2 bridgehead atoms. The van der Waals surface area contributed by atoms with Crippen molar-refractivity contribution in [3.05, 3.63) is 35.0 Å². The molecule has 1 N–H and O–H groups in total. The third-order valence-electron chi connectivity index (χ3n) is 4.76. The number of benzene rings is 1. The maximum absolute atomic E-state index is 12.5. The quantitative estimate of drug-likeness (QED) is 0.928. The monoisotopic (exact) mass is 304 g/mol. The van der Waals surface area contributed by atoms with Crippen LogP contribution in [0.1, 0.15) is 23.2 Å². The van der Waals surface area contributed by atoms with Crippen molar-refractivity contribution < 1.29 is 9.21 Å². The van der Waals surface area contributed by atoms with E-state index in [2.05, 4.69) is 10.2 Å². The topological polar surface area (TPSA) is 45.5 Å². The number of nitrogens with one attached hydrogen (secondary N) is 1. The van der Waals surface area contributed by atoms with Crippen molar-refractivity contribution in [1.29, 1.82) is 0 Å². The van der Waals surface area contributed by atoms with Gasteiger partial charge in [-0.25, -0.2) is 0 Å². The molecule has 2 aromatic rings. The molecular weight excluding hydrogens is 288 g/mol. The van der Waals surface area contributed by atoms with E-state index < -0.39 is 0 Å². The van der Waals surface area contributed by atoms with Crippen molar-refractivity contribution in [3.8, 4) is 0 Å². The Morgan fingerprint density at radius 3 is 2.86 bits per heavy atom. The van der Waals surface area contributed by atoms with Crippen LogP contribution in [0.25, 0.3) is 11.0 Å². The molecule has 1 aromatic heterocycles. The number of rotatable bonds is 2. The van der Waals surface area contributed by atoms with E-state index in [0.29, 0.717) is 22.1 Å². The van der Waals surface area contributed by atoms with Gasteiger partial charge in [0.25, 0.3) is 5.91 Å². The minimum absolute atomic E-state index is 0.0204. The van der Waals surface area contributed by atoms with Crippen LogP contribution < -0.4 is 5.32 Å². The van der Waals surface area contributed by atoms with Crippen molar-refractivity contribution in [2.45, 2.75) is 18.9 Å². The average Bonchev–Trinajstić information content (AvgIpc) is 2.89. The molecule has 21 heavy (non-hydrogen) atoms. The van der Waals surface area contributed by atoms with Gasteiger partial charge in [-0.1, -0.05) is 11.6 Å². The molecule has 0 spiro atoms. The predicted molar refractivity (Wildman–Crippen MR) is 81.6 cm³/mol. The molecule has 0 saturated carbocycles. The fourth-order valence-corrected chi connectivity index (χ4v) is 3.71. The van der Waals surface area contributed by atoms with Crippen molar-refractivity contribution in [2.75, 3.05) is 19.6 Å². The van der Waals surface area contributed by atoms with Crippen LogP contribution in [0.15, 0.2) is 28.9 Å². The second-order valence-corrected chi connectivity index (χ2v) is 6.42. The Balaban J connectivity index is 1.54. The Labute approximate surface area is 128 Å². The first-order valence-corrected chi connectivity index (χ1v) is 7.78. The molecule has 5 rings (SSSR count). The van der Waals surface area contributed by atoms with Crippen molar-refractivity contribution in [1.82, 2.24) is 10.2 Å². The molecule has 1 aromatic carbocycles. The van der Waals surface area contributed by atoms with E-state index in [4.69, 9.17) is 16.0 Å². The van der Waals surface area contributed by atoms with Crippen molar-refractivity contribution in [2.24, 2.45) is 5.92 Å². The summed E-state index contributed by atoms with van der Waals surface area (Å²) in [5.41, 5.74) is 1.35. The molecule has 4 heterocycles. The van der Waals surface area contributed by atoms with Gasteiger partial charge >= 0.3 is 0 Å². The van der Waals surface area contributed by atoms with Crippen LogP contribution in [0.2, 0.25) is 5.02 Å². The molecule has 1 amide bonds. The predicted octanol–water partition coefficient (Wildman–Crippen LogP) is 2.91. The Hall–Kier alpha value is -1.52. The smallest absolute Gasteiger partial charge is 0.251 e. The van der Waals surface area contributed by atoms with Gasteiger partial charge in [-0.15, -0.1) is 0 Å². The van der Waals surface area contributed by atoms with Crippen molar-refractivity contribution in [3.63, 3.8) is 0 Å². The van der Waals surface area contributed by atoms with Crippen LogP contribution in [-0.4, -0.2) is 36.5 Å². The van der Waals surface area contributed by atoms with Crippen LogP contribution in [-0.2, 0) is 0 Å². The summed E-state index contributed by atoms with van der Waals surface area (Å²) in [4.78, 5) is 14.9.